The molecule has 0 spiro atoms. The van der Waals surface area contributed by atoms with Gasteiger partial charge < -0.3 is 4.98 Å². The molecule has 1 aromatic heterocycles. The third-order valence-electron chi connectivity index (χ3n) is 0.629. The molecule has 0 saturated carbocycles. The van der Waals surface area contributed by atoms with Gasteiger partial charge in [0.05, 0.1) is 0 Å². The molecule has 0 aromatic carbocycles. The number of pyridine rings is 1. The fraction of sp³-hybridized carbons (Fsp3) is 0. The van der Waals surface area contributed by atoms with Gasteiger partial charge in [-0.25, -0.2) is 12.1 Å². The van der Waals surface area contributed by atoms with Crippen LogP contribution in [0.15, 0.2) is 23.1 Å². The SMILES string of the molecule is O=c1cc[c-]c[nH]1.[Y+3]. The molecule has 36 valence electrons. The van der Waals surface area contributed by atoms with Crippen molar-refractivity contribution in [3.8, 4) is 0 Å². The van der Waals surface area contributed by atoms with Crippen LogP contribution in [0.25, 0.3) is 0 Å². The summed E-state index contributed by atoms with van der Waals surface area (Å²) in [6, 6.07) is 5.66. The summed E-state index contributed by atoms with van der Waals surface area (Å²) >= 11 is 0. The van der Waals surface area contributed by atoms with E-state index < -0.39 is 0 Å². The van der Waals surface area contributed by atoms with Gasteiger partial charge >= 0.3 is 32.7 Å². The molecule has 0 radical (unpaired) electrons. The Hall–Kier alpha value is 0.0539. The Morgan fingerprint density at radius 2 is 2.38 bits per heavy atom. The molecule has 3 heteroatoms. The second-order valence-electron chi connectivity index (χ2n) is 1.15. The second kappa shape index (κ2) is 3.99. The summed E-state index contributed by atoms with van der Waals surface area (Å²) in [5.41, 5.74) is -0.0845. The number of hydrogen-bond donors (Lipinski definition) is 1. The molecule has 0 fully saturated rings. The summed E-state index contributed by atoms with van der Waals surface area (Å²) in [5.74, 6) is 0. The summed E-state index contributed by atoms with van der Waals surface area (Å²) in [5, 5.41) is 0. The molecule has 8 heavy (non-hydrogen) atoms. The summed E-state index contributed by atoms with van der Waals surface area (Å²) < 4.78 is 0. The second-order valence-corrected chi connectivity index (χ2v) is 1.15. The predicted molar refractivity (Wildman–Crippen MR) is 25.9 cm³/mol. The zero-order chi connectivity index (χ0) is 5.11. The van der Waals surface area contributed by atoms with E-state index in [4.69, 9.17) is 0 Å². The molecular formula is C5H4NOY+2. The molecular weight excluding hydrogens is 179 g/mol. The maximum absolute atomic E-state index is 10.2. The van der Waals surface area contributed by atoms with E-state index in [0.717, 1.165) is 0 Å². The van der Waals surface area contributed by atoms with Crippen LogP contribution in [-0.2, 0) is 32.7 Å². The van der Waals surface area contributed by atoms with Gasteiger partial charge in [0, 0.05) is 0 Å². The van der Waals surface area contributed by atoms with Gasteiger partial charge in [0.1, 0.15) is 0 Å². The quantitative estimate of drug-likeness (QED) is 0.571. The van der Waals surface area contributed by atoms with Crippen molar-refractivity contribution in [1.82, 2.24) is 4.98 Å². The molecule has 0 saturated heterocycles. The average molecular weight is 183 g/mol. The zero-order valence-corrected chi connectivity index (χ0v) is 7.06. The van der Waals surface area contributed by atoms with Crippen molar-refractivity contribution in [2.75, 3.05) is 0 Å². The first-order chi connectivity index (χ1) is 3.39. The van der Waals surface area contributed by atoms with Gasteiger partial charge in [-0.2, -0.15) is 0 Å². The first-order valence-electron chi connectivity index (χ1n) is 1.94. The molecule has 1 rings (SSSR count). The van der Waals surface area contributed by atoms with Crippen LogP contribution in [0.1, 0.15) is 0 Å². The largest absolute Gasteiger partial charge is 3.00 e. The topological polar surface area (TPSA) is 32.9 Å². The van der Waals surface area contributed by atoms with Crippen LogP contribution in [0.4, 0.5) is 0 Å². The van der Waals surface area contributed by atoms with Gasteiger partial charge in [0.25, 0.3) is 0 Å². The van der Waals surface area contributed by atoms with E-state index in [0.29, 0.717) is 0 Å². The van der Waals surface area contributed by atoms with E-state index in [1.54, 1.807) is 6.07 Å². The molecule has 1 aromatic rings. The molecule has 2 nitrogen and oxygen atoms in total. The van der Waals surface area contributed by atoms with E-state index in [9.17, 15) is 4.79 Å². The van der Waals surface area contributed by atoms with E-state index in [2.05, 4.69) is 11.1 Å². The van der Waals surface area contributed by atoms with Crippen LogP contribution in [0.3, 0.4) is 0 Å². The Kier molecular flexibility index (Phi) is 4.01. The van der Waals surface area contributed by atoms with Gasteiger partial charge in [-0.3, -0.25) is 4.79 Å². The maximum atomic E-state index is 10.2. The van der Waals surface area contributed by atoms with Crippen molar-refractivity contribution < 1.29 is 32.7 Å². The van der Waals surface area contributed by atoms with Crippen molar-refractivity contribution in [3.05, 3.63) is 34.7 Å². The van der Waals surface area contributed by atoms with Gasteiger partial charge in [0.15, 0.2) is 5.56 Å². The number of aromatic nitrogens is 1. The number of nitrogens with one attached hydrogen (secondary N) is 1. The van der Waals surface area contributed by atoms with Crippen LogP contribution in [0.5, 0.6) is 0 Å². The van der Waals surface area contributed by atoms with E-state index in [1.165, 1.54) is 12.3 Å². The normalized spacial score (nSPS) is 7.50. The number of aromatic amines is 1. The van der Waals surface area contributed by atoms with Crippen molar-refractivity contribution >= 4 is 0 Å². The molecule has 0 unspecified atom stereocenters. The molecule has 0 bridgehead atoms. The van der Waals surface area contributed by atoms with Crippen LogP contribution < -0.4 is 5.56 Å². The Bertz CT molecular complexity index is 178. The minimum Gasteiger partial charge on any atom is -0.362 e. The van der Waals surface area contributed by atoms with Crippen LogP contribution in [0.2, 0.25) is 0 Å². The fourth-order valence-corrected chi connectivity index (χ4v) is 0.333. The Morgan fingerprint density at radius 1 is 1.62 bits per heavy atom. The first-order valence-corrected chi connectivity index (χ1v) is 1.94. The van der Waals surface area contributed by atoms with E-state index in [-0.39, 0.29) is 38.3 Å². The molecule has 1 N–H and O–H groups in total. The molecule has 1 heterocycles. The number of hydrogen-bond acceptors (Lipinski definition) is 1. The van der Waals surface area contributed by atoms with Crippen molar-refractivity contribution in [1.29, 1.82) is 0 Å². The van der Waals surface area contributed by atoms with Gasteiger partial charge in [0.2, 0.25) is 0 Å². The van der Waals surface area contributed by atoms with E-state index >= 15 is 0 Å². The van der Waals surface area contributed by atoms with Crippen molar-refractivity contribution in [2.45, 2.75) is 0 Å². The Morgan fingerprint density at radius 3 is 2.62 bits per heavy atom. The van der Waals surface area contributed by atoms with Crippen molar-refractivity contribution in [2.24, 2.45) is 0 Å². The van der Waals surface area contributed by atoms with Crippen LogP contribution >= 0.6 is 0 Å². The molecule has 0 aliphatic rings. The Labute approximate surface area is 72.2 Å². The zero-order valence-electron chi connectivity index (χ0n) is 4.22. The molecule has 0 amide bonds. The van der Waals surface area contributed by atoms with Crippen LogP contribution in [-0.4, -0.2) is 4.98 Å². The standard InChI is InChI=1S/C5H4NO.Y/c7-5-3-1-2-4-6-5;/h1,3-4H,(H,6,7);/q-1;+3. The summed E-state index contributed by atoms with van der Waals surface area (Å²) in [6.45, 7) is 0. The molecule has 0 aliphatic carbocycles. The summed E-state index contributed by atoms with van der Waals surface area (Å²) in [6.07, 6.45) is 1.47. The predicted octanol–water partition coefficient (Wildman–Crippen LogP) is 0.173. The van der Waals surface area contributed by atoms with Crippen LogP contribution in [0, 0.1) is 6.07 Å². The van der Waals surface area contributed by atoms with Gasteiger partial charge in [-0.1, -0.05) is 6.20 Å². The minimum absolute atomic E-state index is 0. The third-order valence-corrected chi connectivity index (χ3v) is 0.629. The number of rotatable bonds is 0. The minimum atomic E-state index is -0.0845. The molecule has 0 atom stereocenters. The maximum Gasteiger partial charge on any atom is 3.00 e. The molecule has 0 aliphatic heterocycles. The van der Waals surface area contributed by atoms with E-state index in [1.807, 2.05) is 0 Å². The first kappa shape index (κ1) is 8.05. The van der Waals surface area contributed by atoms with Crippen molar-refractivity contribution in [3.63, 3.8) is 0 Å². The van der Waals surface area contributed by atoms with Gasteiger partial charge in [-0.05, 0) is 0 Å². The number of H-pyrrole nitrogens is 1. The summed E-state index contributed by atoms with van der Waals surface area (Å²) in [7, 11) is 0. The van der Waals surface area contributed by atoms with Gasteiger partial charge in [-0.15, -0.1) is 6.07 Å². The summed E-state index contributed by atoms with van der Waals surface area (Å²) in [4.78, 5) is 12.6. The fourth-order valence-electron chi connectivity index (χ4n) is 0.333. The Balaban J connectivity index is 0.000000490. The average Bonchev–Trinajstić information content (AvgIpc) is 1.69. The smallest absolute Gasteiger partial charge is 0.362 e. The third kappa shape index (κ3) is 2.38. The monoisotopic (exact) mass is 183 g/mol.